The van der Waals surface area contributed by atoms with E-state index in [1.807, 2.05) is 47.9 Å². The maximum atomic E-state index is 11.3. The average molecular weight is 393 g/mol. The summed E-state index contributed by atoms with van der Waals surface area (Å²) in [5.41, 5.74) is 3.00. The van der Waals surface area contributed by atoms with Crippen LogP contribution in [-0.4, -0.2) is 4.86 Å². The summed E-state index contributed by atoms with van der Waals surface area (Å²) < 4.78 is 38.8. The van der Waals surface area contributed by atoms with Gasteiger partial charge in [0.05, 0.1) is 15.1 Å². The molecule has 4 rings (SSSR count). The summed E-state index contributed by atoms with van der Waals surface area (Å²) in [5.74, 6) is 0. The third kappa shape index (κ3) is 3.61. The zero-order valence-electron chi connectivity index (χ0n) is 12.9. The maximum absolute atomic E-state index is 11.3. The fraction of sp³-hybridized carbons (Fsp3) is 0.0556. The summed E-state index contributed by atoms with van der Waals surface area (Å²) in [7, 11) is -5.79. The highest BCUT2D eigenvalue weighted by Gasteiger charge is 2.31. The van der Waals surface area contributed by atoms with Crippen LogP contribution in [0.15, 0.2) is 75.4 Å². The molecule has 1 atom stereocenters. The Kier molecular flexibility index (Phi) is 4.59. The van der Waals surface area contributed by atoms with Gasteiger partial charge >= 0.3 is 0 Å². The first-order valence-electron chi connectivity index (χ1n) is 7.44. The summed E-state index contributed by atoms with van der Waals surface area (Å²) in [6.45, 7) is 0. The Morgan fingerprint density at radius 1 is 0.960 bits per heavy atom. The predicted octanol–water partition coefficient (Wildman–Crippen LogP) is 1.57. The van der Waals surface area contributed by atoms with Crippen molar-refractivity contribution >= 4 is 33.5 Å². The summed E-state index contributed by atoms with van der Waals surface area (Å²) >= 11 is 1.59. The summed E-state index contributed by atoms with van der Waals surface area (Å²) in [5, 5.41) is 2.01. The molecule has 2 aliphatic heterocycles. The van der Waals surface area contributed by atoms with Gasteiger partial charge in [-0.15, -0.1) is 0 Å². The lowest BCUT2D eigenvalue weighted by Gasteiger charge is -2.22. The number of hydrogen-bond acceptors (Lipinski definition) is 5. The van der Waals surface area contributed by atoms with Crippen LogP contribution in [0.1, 0.15) is 11.1 Å². The summed E-state index contributed by atoms with van der Waals surface area (Å²) in [6.07, 6.45) is 4.46. The molecule has 0 aromatic heterocycles. The summed E-state index contributed by atoms with van der Waals surface area (Å²) in [6, 6.07) is 15.4. The second-order valence-corrected chi connectivity index (χ2v) is 9.08. The topological polar surface area (TPSA) is 78.4 Å². The first kappa shape index (κ1) is 17.1. The van der Waals surface area contributed by atoms with Crippen LogP contribution in [0.25, 0.3) is 6.08 Å². The van der Waals surface area contributed by atoms with Crippen LogP contribution in [0.5, 0.6) is 0 Å². The van der Waals surface area contributed by atoms with E-state index in [2.05, 4.69) is 12.1 Å². The third-order valence-corrected chi connectivity index (χ3v) is 7.62. The molecule has 128 valence electrons. The Morgan fingerprint density at radius 3 is 2.56 bits per heavy atom. The molecule has 7 heteroatoms. The maximum Gasteiger partial charge on any atom is 0.147 e. The van der Waals surface area contributed by atoms with Crippen molar-refractivity contribution < 1.29 is 28.0 Å². The number of halogens is 1. The molecule has 0 amide bonds. The van der Waals surface area contributed by atoms with E-state index >= 15 is 0 Å². The summed E-state index contributed by atoms with van der Waals surface area (Å²) in [4.78, 5) is 2.62. The average Bonchev–Trinajstić information content (AvgIpc) is 2.60. The van der Waals surface area contributed by atoms with Crippen LogP contribution in [0.3, 0.4) is 0 Å². The minimum atomic E-state index is -4.53. The minimum absolute atomic E-state index is 0.674. The van der Waals surface area contributed by atoms with Crippen LogP contribution >= 0.6 is 22.5 Å². The Balaban J connectivity index is 1.81. The first-order chi connectivity index (χ1) is 12.0. The second kappa shape index (κ2) is 6.74. The van der Waals surface area contributed by atoms with E-state index in [4.69, 9.17) is 3.74 Å². The van der Waals surface area contributed by atoms with E-state index in [9.17, 15) is 14.0 Å². The molecule has 2 aromatic carbocycles. The van der Waals surface area contributed by atoms with Gasteiger partial charge in [-0.25, -0.2) is 0 Å². The standard InChI is InChI=1S/C18H13ClO4S2/c20-19(21,22)23-25-17-8-4-2-5-13(17)9-10-18(25)15-11-14-6-1-3-7-16(14)24-12-15/h1-10,12H,11H2. The molecule has 0 saturated carbocycles. The van der Waals surface area contributed by atoms with Gasteiger partial charge in [0.25, 0.3) is 0 Å². The highest BCUT2D eigenvalue weighted by molar-refractivity contribution is 8.12. The van der Waals surface area contributed by atoms with E-state index in [1.165, 1.54) is 10.5 Å². The molecular formula is C18H13ClO4S2. The minimum Gasteiger partial charge on any atom is -0.182 e. The molecule has 2 aromatic rings. The van der Waals surface area contributed by atoms with E-state index in [1.54, 1.807) is 17.8 Å². The smallest absolute Gasteiger partial charge is 0.147 e. The zero-order valence-corrected chi connectivity index (χ0v) is 15.3. The third-order valence-electron chi connectivity index (χ3n) is 3.87. The Hall–Kier alpha value is -1.38. The van der Waals surface area contributed by atoms with Crippen LogP contribution < -0.4 is 14.0 Å². The number of fused-ring (bicyclic) bond motifs is 2. The van der Waals surface area contributed by atoms with Crippen LogP contribution in [-0.2, 0) is 10.2 Å². The number of allylic oxidation sites excluding steroid dienone is 2. The van der Waals surface area contributed by atoms with Gasteiger partial charge in [-0.2, -0.15) is 14.0 Å². The lowest BCUT2D eigenvalue weighted by Crippen LogP contribution is -2.60. The van der Waals surface area contributed by atoms with Crippen molar-refractivity contribution in [2.75, 3.05) is 0 Å². The molecule has 1 unspecified atom stereocenters. The Morgan fingerprint density at radius 2 is 1.72 bits per heavy atom. The van der Waals surface area contributed by atoms with Gasteiger partial charge in [-0.1, -0.05) is 54.2 Å². The molecule has 0 saturated heterocycles. The van der Waals surface area contributed by atoms with Gasteiger partial charge in [0, 0.05) is 16.2 Å². The molecule has 0 bridgehead atoms. The highest BCUT2D eigenvalue weighted by Crippen LogP contribution is 2.42. The highest BCUT2D eigenvalue weighted by atomic mass is 35.7. The van der Waals surface area contributed by atoms with Crippen molar-refractivity contribution in [2.24, 2.45) is 0 Å². The van der Waals surface area contributed by atoms with Crippen molar-refractivity contribution in [3.63, 3.8) is 0 Å². The fourth-order valence-electron chi connectivity index (χ4n) is 2.80. The number of hydrogen-bond donors (Lipinski definition) is 0. The van der Waals surface area contributed by atoms with Gasteiger partial charge in [-0.05, 0) is 40.3 Å². The fourth-order valence-corrected chi connectivity index (χ4v) is 6.31. The first-order valence-corrected chi connectivity index (χ1v) is 10.7. The molecule has 0 N–H and O–H groups in total. The van der Waals surface area contributed by atoms with Gasteiger partial charge in [0.2, 0.25) is 0 Å². The van der Waals surface area contributed by atoms with Crippen molar-refractivity contribution in [1.82, 2.24) is 0 Å². The SMILES string of the molecule is [O-][Cl+3]([O-])([O-])OS1=C(C2=CSc3ccccc3C2)C=Cc2ccccc21. The van der Waals surface area contributed by atoms with Crippen molar-refractivity contribution in [2.45, 2.75) is 16.2 Å². The monoisotopic (exact) mass is 392 g/mol. The van der Waals surface area contributed by atoms with E-state index in [0.29, 0.717) is 11.3 Å². The van der Waals surface area contributed by atoms with Gasteiger partial charge in [0.15, 0.2) is 0 Å². The van der Waals surface area contributed by atoms with Gasteiger partial charge < -0.3 is 0 Å². The van der Waals surface area contributed by atoms with Crippen LogP contribution in [0.4, 0.5) is 0 Å². The molecule has 2 aliphatic rings. The van der Waals surface area contributed by atoms with Gasteiger partial charge in [-0.3, -0.25) is 0 Å². The Labute approximate surface area is 154 Å². The second-order valence-electron chi connectivity index (χ2n) is 5.49. The lowest BCUT2D eigenvalue weighted by molar-refractivity contribution is -1.91. The molecule has 0 spiro atoms. The molecule has 2 heterocycles. The van der Waals surface area contributed by atoms with Gasteiger partial charge in [0.1, 0.15) is 14.5 Å². The molecular weight excluding hydrogens is 380 g/mol. The lowest BCUT2D eigenvalue weighted by atomic mass is 10.0. The number of rotatable bonds is 3. The van der Waals surface area contributed by atoms with Crippen molar-refractivity contribution in [1.29, 1.82) is 0 Å². The quantitative estimate of drug-likeness (QED) is 0.741. The van der Waals surface area contributed by atoms with Crippen molar-refractivity contribution in [3.05, 3.63) is 76.7 Å². The van der Waals surface area contributed by atoms with Crippen LogP contribution in [0, 0.1) is 10.2 Å². The predicted molar refractivity (Wildman–Crippen MR) is 91.5 cm³/mol. The Bertz CT molecular complexity index is 929. The molecule has 4 nitrogen and oxygen atoms in total. The van der Waals surface area contributed by atoms with E-state index in [0.717, 1.165) is 16.0 Å². The number of thioether (sulfide) groups is 1. The van der Waals surface area contributed by atoms with E-state index < -0.39 is 21.0 Å². The molecule has 0 radical (unpaired) electrons. The largest absolute Gasteiger partial charge is 0.182 e. The van der Waals surface area contributed by atoms with E-state index in [-0.39, 0.29) is 0 Å². The normalized spacial score (nSPS) is 19.2. The zero-order chi connectivity index (χ0) is 17.4. The molecule has 25 heavy (non-hydrogen) atoms. The molecule has 0 fully saturated rings. The number of benzene rings is 2. The van der Waals surface area contributed by atoms with Crippen molar-refractivity contribution in [3.8, 4) is 0 Å². The van der Waals surface area contributed by atoms with Crippen LogP contribution in [0.2, 0.25) is 0 Å². The molecule has 0 aliphatic carbocycles.